The van der Waals surface area contributed by atoms with Crippen LogP contribution >= 0.6 is 22.9 Å². The molecule has 2 saturated heterocycles. The number of benzene rings is 1. The van der Waals surface area contributed by atoms with E-state index in [1.165, 1.54) is 10.4 Å². The lowest BCUT2D eigenvalue weighted by atomic mass is 10.1. The Hall–Kier alpha value is -1.60. The first-order chi connectivity index (χ1) is 13.7. The second-order valence-electron chi connectivity index (χ2n) is 7.27. The van der Waals surface area contributed by atoms with Crippen LogP contribution in [0.1, 0.15) is 10.4 Å². The number of guanidine groups is 1. The zero-order valence-electron chi connectivity index (χ0n) is 16.2. The minimum atomic E-state index is 0.243. The maximum Gasteiger partial charge on any atom is 0.193 e. The number of likely N-dealkylation sites (tertiary alicyclic amines) is 1. The molecular weight excluding hydrogens is 392 g/mol. The number of morpholine rings is 1. The molecule has 0 spiro atoms. The summed E-state index contributed by atoms with van der Waals surface area (Å²) in [5.74, 6) is 0.959. The molecule has 1 aromatic heterocycles. The van der Waals surface area contributed by atoms with E-state index < -0.39 is 0 Å². The third kappa shape index (κ3) is 4.69. The number of fused-ring (bicyclic) bond motifs is 1. The van der Waals surface area contributed by atoms with Crippen molar-refractivity contribution in [3.63, 3.8) is 0 Å². The smallest absolute Gasteiger partial charge is 0.193 e. The first-order valence-electron chi connectivity index (χ1n) is 9.82. The number of nitrogens with zero attached hydrogens (tertiary/aromatic N) is 3. The van der Waals surface area contributed by atoms with Gasteiger partial charge in [-0.25, -0.2) is 0 Å². The molecule has 7 heteroatoms. The van der Waals surface area contributed by atoms with E-state index in [1.807, 2.05) is 13.1 Å². The van der Waals surface area contributed by atoms with E-state index in [0.717, 1.165) is 56.0 Å². The number of aliphatic imine (C=N–C) groups is 1. The third-order valence-electron chi connectivity index (χ3n) is 5.44. The molecule has 5 nitrogen and oxygen atoms in total. The van der Waals surface area contributed by atoms with Gasteiger partial charge in [0.25, 0.3) is 0 Å². The second kappa shape index (κ2) is 9.27. The molecule has 2 aliphatic heterocycles. The van der Waals surface area contributed by atoms with Gasteiger partial charge in [0.15, 0.2) is 5.96 Å². The zero-order chi connectivity index (χ0) is 19.3. The fourth-order valence-electron chi connectivity index (χ4n) is 4.06. The number of rotatable bonds is 5. The molecule has 2 fully saturated rings. The van der Waals surface area contributed by atoms with Gasteiger partial charge >= 0.3 is 0 Å². The van der Waals surface area contributed by atoms with Gasteiger partial charge in [-0.05, 0) is 24.1 Å². The highest BCUT2D eigenvalue weighted by Gasteiger charge is 2.41. The summed E-state index contributed by atoms with van der Waals surface area (Å²) in [4.78, 5) is 10.7. The molecule has 1 aromatic carbocycles. The lowest BCUT2D eigenvalue weighted by molar-refractivity contribution is -0.0502. The Kier molecular flexibility index (Phi) is 6.52. The molecule has 2 unspecified atom stereocenters. The van der Waals surface area contributed by atoms with E-state index in [2.05, 4.69) is 56.5 Å². The quantitative estimate of drug-likeness (QED) is 0.598. The molecular formula is C21H27ClN4OS. The van der Waals surface area contributed by atoms with Gasteiger partial charge in [-0.1, -0.05) is 41.9 Å². The summed E-state index contributed by atoms with van der Waals surface area (Å²) in [5, 5.41) is 3.51. The van der Waals surface area contributed by atoms with Crippen molar-refractivity contribution in [1.82, 2.24) is 15.1 Å². The van der Waals surface area contributed by atoms with Gasteiger partial charge in [0.1, 0.15) is 0 Å². The summed E-state index contributed by atoms with van der Waals surface area (Å²) in [6.07, 6.45) is 1.19. The van der Waals surface area contributed by atoms with Crippen molar-refractivity contribution < 1.29 is 4.74 Å². The van der Waals surface area contributed by atoms with Crippen LogP contribution in [0.4, 0.5) is 0 Å². The maximum absolute atomic E-state index is 6.09. The van der Waals surface area contributed by atoms with E-state index in [0.29, 0.717) is 6.04 Å². The monoisotopic (exact) mass is 418 g/mol. The van der Waals surface area contributed by atoms with E-state index in [1.54, 1.807) is 11.3 Å². The predicted octanol–water partition coefficient (Wildman–Crippen LogP) is 3.10. The molecule has 0 amide bonds. The minimum absolute atomic E-state index is 0.243. The van der Waals surface area contributed by atoms with Crippen LogP contribution in [0.3, 0.4) is 0 Å². The standard InChI is InChI=1S/C21H27ClN4OS/c1-23-21(24-10-9-17-7-8-20(22)28-17)26-14-18-19(15-26)27-12-11-25(18)13-16-5-3-2-4-6-16/h2-8,18-19H,9-15H2,1H3,(H,23,24). The fourth-order valence-corrected chi connectivity index (χ4v) is 5.15. The molecule has 3 heterocycles. The molecule has 0 saturated carbocycles. The van der Waals surface area contributed by atoms with Crippen molar-refractivity contribution in [3.8, 4) is 0 Å². The number of ether oxygens (including phenoxy) is 1. The van der Waals surface area contributed by atoms with Crippen LogP contribution in [0.5, 0.6) is 0 Å². The predicted molar refractivity (Wildman–Crippen MR) is 116 cm³/mol. The summed E-state index contributed by atoms with van der Waals surface area (Å²) in [7, 11) is 1.86. The SMILES string of the molecule is CN=C(NCCc1ccc(Cl)s1)N1CC2OCCN(Cc3ccccc3)C2C1. The molecule has 28 heavy (non-hydrogen) atoms. The summed E-state index contributed by atoms with van der Waals surface area (Å²) in [5.41, 5.74) is 1.36. The van der Waals surface area contributed by atoms with Gasteiger partial charge in [-0.3, -0.25) is 9.89 Å². The van der Waals surface area contributed by atoms with Gasteiger partial charge in [-0.15, -0.1) is 11.3 Å². The normalized spacial score (nSPS) is 23.1. The average Bonchev–Trinajstić information content (AvgIpc) is 3.33. The Morgan fingerprint density at radius 3 is 2.86 bits per heavy atom. The van der Waals surface area contributed by atoms with Gasteiger partial charge in [0.05, 0.1) is 23.1 Å². The summed E-state index contributed by atoms with van der Waals surface area (Å²) in [6, 6.07) is 15.2. The Bertz CT molecular complexity index is 797. The molecule has 150 valence electrons. The van der Waals surface area contributed by atoms with E-state index in [9.17, 15) is 0 Å². The third-order valence-corrected chi connectivity index (χ3v) is 6.73. The van der Waals surface area contributed by atoms with Crippen LogP contribution < -0.4 is 5.32 Å². The summed E-state index contributed by atoms with van der Waals surface area (Å²) in [6.45, 7) is 5.44. The van der Waals surface area contributed by atoms with Gasteiger partial charge in [0, 0.05) is 44.6 Å². The number of halogens is 1. The summed E-state index contributed by atoms with van der Waals surface area (Å²) >= 11 is 7.66. The molecule has 0 aliphatic carbocycles. The molecule has 4 rings (SSSR count). The van der Waals surface area contributed by atoms with Crippen LogP contribution in [0.2, 0.25) is 4.34 Å². The van der Waals surface area contributed by atoms with Gasteiger partial charge in [-0.2, -0.15) is 0 Å². The molecule has 2 aromatic rings. The van der Waals surface area contributed by atoms with E-state index >= 15 is 0 Å². The Balaban J connectivity index is 1.34. The number of hydrogen-bond donors (Lipinski definition) is 1. The van der Waals surface area contributed by atoms with Crippen molar-refractivity contribution in [1.29, 1.82) is 0 Å². The van der Waals surface area contributed by atoms with Crippen LogP contribution in [0.15, 0.2) is 47.5 Å². The van der Waals surface area contributed by atoms with Crippen LogP contribution in [0, 0.1) is 0 Å². The van der Waals surface area contributed by atoms with Crippen molar-refractivity contribution in [2.24, 2.45) is 4.99 Å². The molecule has 2 aliphatic rings. The Labute approximate surface area is 176 Å². The van der Waals surface area contributed by atoms with Gasteiger partial charge in [0.2, 0.25) is 0 Å². The number of thiophene rings is 1. The average molecular weight is 419 g/mol. The lowest BCUT2D eigenvalue weighted by Gasteiger charge is -2.36. The van der Waals surface area contributed by atoms with Crippen molar-refractivity contribution >= 4 is 28.9 Å². The molecule has 2 atom stereocenters. The molecule has 0 radical (unpaired) electrons. The van der Waals surface area contributed by atoms with Crippen LogP contribution in [0.25, 0.3) is 0 Å². The maximum atomic E-state index is 6.09. The number of hydrogen-bond acceptors (Lipinski definition) is 4. The zero-order valence-corrected chi connectivity index (χ0v) is 17.8. The molecule has 1 N–H and O–H groups in total. The number of nitrogens with one attached hydrogen (secondary N) is 1. The van der Waals surface area contributed by atoms with Crippen molar-refractivity contribution in [2.75, 3.05) is 39.8 Å². The van der Waals surface area contributed by atoms with E-state index in [-0.39, 0.29) is 6.10 Å². The minimum Gasteiger partial charge on any atom is -0.373 e. The first kappa shape index (κ1) is 19.7. The highest BCUT2D eigenvalue weighted by molar-refractivity contribution is 7.16. The first-order valence-corrected chi connectivity index (χ1v) is 11.0. The topological polar surface area (TPSA) is 40.1 Å². The van der Waals surface area contributed by atoms with Crippen LogP contribution in [-0.2, 0) is 17.7 Å². The highest BCUT2D eigenvalue weighted by Crippen LogP contribution is 2.25. The second-order valence-corrected chi connectivity index (χ2v) is 9.07. The van der Waals surface area contributed by atoms with Gasteiger partial charge < -0.3 is 15.0 Å². The summed E-state index contributed by atoms with van der Waals surface area (Å²) < 4.78 is 6.94. The Morgan fingerprint density at radius 2 is 2.11 bits per heavy atom. The highest BCUT2D eigenvalue weighted by atomic mass is 35.5. The molecule has 0 bridgehead atoms. The van der Waals surface area contributed by atoms with E-state index in [4.69, 9.17) is 16.3 Å². The van der Waals surface area contributed by atoms with Crippen LogP contribution in [-0.4, -0.2) is 67.7 Å². The van der Waals surface area contributed by atoms with Crippen molar-refractivity contribution in [2.45, 2.75) is 25.1 Å². The van der Waals surface area contributed by atoms with Crippen molar-refractivity contribution in [3.05, 3.63) is 57.2 Å². The lowest BCUT2D eigenvalue weighted by Crippen LogP contribution is -2.50. The fraction of sp³-hybridized carbons (Fsp3) is 0.476. The Morgan fingerprint density at radius 1 is 1.25 bits per heavy atom. The largest absolute Gasteiger partial charge is 0.373 e.